The van der Waals surface area contributed by atoms with Gasteiger partial charge < -0.3 is 5.73 Å². The van der Waals surface area contributed by atoms with Gasteiger partial charge in [-0.1, -0.05) is 0 Å². The highest BCUT2D eigenvalue weighted by molar-refractivity contribution is 7.13. The second kappa shape index (κ2) is 3.99. The van der Waals surface area contributed by atoms with Crippen molar-refractivity contribution in [3.05, 3.63) is 43.3 Å². The van der Waals surface area contributed by atoms with Gasteiger partial charge in [-0.25, -0.2) is 0 Å². The van der Waals surface area contributed by atoms with Crippen molar-refractivity contribution in [3.8, 4) is 0 Å². The van der Waals surface area contributed by atoms with E-state index in [0.29, 0.717) is 0 Å². The monoisotopic (exact) mass is 249 g/mol. The third-order valence-corrected chi connectivity index (χ3v) is 5.54. The topological polar surface area (TPSA) is 26.0 Å². The third-order valence-electron chi connectivity index (χ3n) is 3.14. The molecule has 2 N–H and O–H groups in total. The summed E-state index contributed by atoms with van der Waals surface area (Å²) >= 11 is 3.73. The Balaban J connectivity index is 1.91. The van der Waals surface area contributed by atoms with E-state index >= 15 is 0 Å². The molecule has 2 aromatic heterocycles. The summed E-state index contributed by atoms with van der Waals surface area (Å²) in [5.74, 6) is 0. The molecule has 84 valence electrons. The number of rotatable bonds is 2. The maximum absolute atomic E-state index is 6.31. The Hall–Kier alpha value is -0.640. The molecule has 1 atom stereocenters. The van der Waals surface area contributed by atoms with Crippen molar-refractivity contribution in [2.24, 2.45) is 5.73 Å². The van der Waals surface area contributed by atoms with Gasteiger partial charge in [-0.15, -0.1) is 22.7 Å². The summed E-state index contributed by atoms with van der Waals surface area (Å²) in [5.41, 5.74) is 7.86. The molecular weight excluding hydrogens is 234 g/mol. The van der Waals surface area contributed by atoms with Crippen LogP contribution in [0, 0.1) is 6.92 Å². The van der Waals surface area contributed by atoms with Crippen molar-refractivity contribution in [1.29, 1.82) is 0 Å². The molecule has 3 heteroatoms. The van der Waals surface area contributed by atoms with Crippen LogP contribution in [0.5, 0.6) is 0 Å². The van der Waals surface area contributed by atoms with Crippen molar-refractivity contribution in [3.63, 3.8) is 0 Å². The van der Waals surface area contributed by atoms with E-state index < -0.39 is 0 Å². The molecule has 2 heterocycles. The molecule has 0 spiro atoms. The van der Waals surface area contributed by atoms with E-state index in [-0.39, 0.29) is 6.04 Å². The molecule has 0 bridgehead atoms. The summed E-state index contributed by atoms with van der Waals surface area (Å²) in [6, 6.07) is 6.73. The molecule has 3 rings (SSSR count). The molecule has 0 saturated carbocycles. The Morgan fingerprint density at radius 1 is 1.19 bits per heavy atom. The predicted octanol–water partition coefficient (Wildman–Crippen LogP) is 3.65. The van der Waals surface area contributed by atoms with Gasteiger partial charge in [-0.05, 0) is 49.9 Å². The van der Waals surface area contributed by atoms with E-state index in [2.05, 4.69) is 25.1 Å². The molecule has 0 radical (unpaired) electrons. The Morgan fingerprint density at radius 2 is 2.06 bits per heavy atom. The Kier molecular flexibility index (Phi) is 2.62. The van der Waals surface area contributed by atoms with E-state index in [1.165, 1.54) is 33.9 Å². The van der Waals surface area contributed by atoms with Gasteiger partial charge >= 0.3 is 0 Å². The average Bonchev–Trinajstić information content (AvgIpc) is 2.89. The minimum absolute atomic E-state index is 0.0919. The van der Waals surface area contributed by atoms with Crippen molar-refractivity contribution < 1.29 is 0 Å². The zero-order valence-electron chi connectivity index (χ0n) is 9.32. The van der Waals surface area contributed by atoms with E-state index in [4.69, 9.17) is 5.73 Å². The molecule has 16 heavy (non-hydrogen) atoms. The number of hydrogen-bond acceptors (Lipinski definition) is 3. The van der Waals surface area contributed by atoms with Crippen molar-refractivity contribution in [2.45, 2.75) is 32.2 Å². The van der Waals surface area contributed by atoms with Crippen LogP contribution in [0.3, 0.4) is 0 Å². The zero-order valence-corrected chi connectivity index (χ0v) is 11.0. The van der Waals surface area contributed by atoms with Crippen LogP contribution < -0.4 is 5.73 Å². The summed E-state index contributed by atoms with van der Waals surface area (Å²) in [6.45, 7) is 2.13. The largest absolute Gasteiger partial charge is 0.319 e. The molecule has 1 aliphatic rings. The summed E-state index contributed by atoms with van der Waals surface area (Å²) in [6.07, 6.45) is 3.84. The van der Waals surface area contributed by atoms with E-state index in [0.717, 1.165) is 0 Å². The standard InChI is InChI=1S/C13H15NS2/c1-8-5-6-11(15-8)13(14)12-7-9-3-2-4-10(9)16-12/h5-7,13H,2-4,14H2,1H3. The summed E-state index contributed by atoms with van der Waals surface area (Å²) in [5, 5.41) is 0. The summed E-state index contributed by atoms with van der Waals surface area (Å²) < 4.78 is 0. The van der Waals surface area contributed by atoms with Gasteiger partial charge in [-0.3, -0.25) is 0 Å². The van der Waals surface area contributed by atoms with Crippen LogP contribution in [0.1, 0.15) is 37.5 Å². The Bertz CT molecular complexity index is 488. The maximum atomic E-state index is 6.31. The molecule has 0 aliphatic heterocycles. The first kappa shape index (κ1) is 10.5. The van der Waals surface area contributed by atoms with Crippen molar-refractivity contribution in [2.75, 3.05) is 0 Å². The van der Waals surface area contributed by atoms with E-state index in [1.54, 1.807) is 10.4 Å². The molecule has 1 aliphatic carbocycles. The van der Waals surface area contributed by atoms with E-state index in [1.807, 2.05) is 22.7 Å². The molecule has 1 nitrogen and oxygen atoms in total. The highest BCUT2D eigenvalue weighted by atomic mass is 32.1. The van der Waals surface area contributed by atoms with E-state index in [9.17, 15) is 0 Å². The molecule has 1 unspecified atom stereocenters. The zero-order chi connectivity index (χ0) is 11.1. The number of thiophene rings is 2. The number of hydrogen-bond donors (Lipinski definition) is 1. The molecule has 2 aromatic rings. The molecule has 0 amide bonds. The fourth-order valence-electron chi connectivity index (χ4n) is 2.27. The van der Waals surface area contributed by atoms with Crippen LogP contribution in [-0.2, 0) is 12.8 Å². The lowest BCUT2D eigenvalue weighted by Gasteiger charge is -2.06. The van der Waals surface area contributed by atoms with Crippen LogP contribution in [-0.4, -0.2) is 0 Å². The smallest absolute Gasteiger partial charge is 0.0740 e. The number of aryl methyl sites for hydroxylation is 3. The van der Waals surface area contributed by atoms with Crippen LogP contribution in [0.2, 0.25) is 0 Å². The first-order valence-corrected chi connectivity index (χ1v) is 7.31. The molecule has 0 fully saturated rings. The highest BCUT2D eigenvalue weighted by Gasteiger charge is 2.19. The highest BCUT2D eigenvalue weighted by Crippen LogP contribution is 2.36. The second-order valence-corrected chi connectivity index (χ2v) is 6.86. The SMILES string of the molecule is Cc1ccc(C(N)c2cc3c(s2)CCC3)s1. The van der Waals surface area contributed by atoms with Gasteiger partial charge in [0.05, 0.1) is 6.04 Å². The fourth-order valence-corrected chi connectivity index (χ4v) is 4.52. The minimum atomic E-state index is 0.0919. The molecule has 0 aromatic carbocycles. The lowest BCUT2D eigenvalue weighted by molar-refractivity contribution is 0.896. The maximum Gasteiger partial charge on any atom is 0.0740 e. The first-order chi connectivity index (χ1) is 7.74. The Morgan fingerprint density at radius 3 is 2.75 bits per heavy atom. The third kappa shape index (κ3) is 1.73. The van der Waals surface area contributed by atoms with Gasteiger partial charge in [-0.2, -0.15) is 0 Å². The van der Waals surface area contributed by atoms with Gasteiger partial charge in [0.1, 0.15) is 0 Å². The fraction of sp³-hybridized carbons (Fsp3) is 0.385. The summed E-state index contributed by atoms with van der Waals surface area (Å²) in [4.78, 5) is 5.54. The lowest BCUT2D eigenvalue weighted by atomic mass is 10.2. The second-order valence-electron chi connectivity index (χ2n) is 4.38. The average molecular weight is 249 g/mol. The van der Waals surface area contributed by atoms with Crippen molar-refractivity contribution >= 4 is 22.7 Å². The van der Waals surface area contributed by atoms with Gasteiger partial charge in [0.15, 0.2) is 0 Å². The van der Waals surface area contributed by atoms with Crippen molar-refractivity contribution in [1.82, 2.24) is 0 Å². The van der Waals surface area contributed by atoms with Gasteiger partial charge in [0.2, 0.25) is 0 Å². The van der Waals surface area contributed by atoms with Crippen LogP contribution in [0.15, 0.2) is 18.2 Å². The van der Waals surface area contributed by atoms with Gasteiger partial charge in [0.25, 0.3) is 0 Å². The Labute approximate surface area is 104 Å². The molecular formula is C13H15NS2. The lowest BCUT2D eigenvalue weighted by Crippen LogP contribution is -2.08. The van der Waals surface area contributed by atoms with Crippen LogP contribution in [0.25, 0.3) is 0 Å². The number of fused-ring (bicyclic) bond motifs is 1. The normalized spacial score (nSPS) is 16.4. The molecule has 0 saturated heterocycles. The number of nitrogens with two attached hydrogens (primary N) is 1. The predicted molar refractivity (Wildman–Crippen MR) is 71.4 cm³/mol. The van der Waals surface area contributed by atoms with Crippen LogP contribution in [0.4, 0.5) is 0 Å². The van der Waals surface area contributed by atoms with Crippen LogP contribution >= 0.6 is 22.7 Å². The first-order valence-electron chi connectivity index (χ1n) is 5.67. The minimum Gasteiger partial charge on any atom is -0.319 e. The summed E-state index contributed by atoms with van der Waals surface area (Å²) in [7, 11) is 0. The quantitative estimate of drug-likeness (QED) is 0.863. The van der Waals surface area contributed by atoms with Gasteiger partial charge in [0, 0.05) is 19.5 Å².